The summed E-state index contributed by atoms with van der Waals surface area (Å²) in [7, 11) is 0. The van der Waals surface area contributed by atoms with E-state index >= 15 is 0 Å². The van der Waals surface area contributed by atoms with Crippen LogP contribution in [0.2, 0.25) is 0 Å². The molecular formula is C14H20N2O. The van der Waals surface area contributed by atoms with Crippen molar-refractivity contribution in [2.24, 2.45) is 0 Å². The zero-order valence-electron chi connectivity index (χ0n) is 10.3. The number of fused-ring (bicyclic) bond motifs is 2. The Kier molecular flexibility index (Phi) is 2.51. The lowest BCUT2D eigenvalue weighted by atomic mass is 9.98. The van der Waals surface area contributed by atoms with Crippen molar-refractivity contribution >= 4 is 11.4 Å². The molecule has 3 rings (SSSR count). The zero-order valence-corrected chi connectivity index (χ0v) is 10.3. The topological polar surface area (TPSA) is 49.5 Å². The maximum absolute atomic E-state index is 9.81. The molecule has 2 aliphatic heterocycles. The van der Waals surface area contributed by atoms with Crippen LogP contribution >= 0.6 is 0 Å². The third-order valence-electron chi connectivity index (χ3n) is 4.09. The number of hydrogen-bond donors (Lipinski definition) is 2. The van der Waals surface area contributed by atoms with Crippen molar-refractivity contribution in [1.29, 1.82) is 0 Å². The number of aliphatic hydroxyl groups excluding tert-OH is 1. The Labute approximate surface area is 102 Å². The number of aliphatic hydroxyl groups is 1. The Bertz CT molecular complexity index is 398. The van der Waals surface area contributed by atoms with Gasteiger partial charge in [0.1, 0.15) is 0 Å². The van der Waals surface area contributed by atoms with Crippen molar-refractivity contribution in [2.45, 2.75) is 50.8 Å². The minimum Gasteiger partial charge on any atom is -0.399 e. The second-order valence-corrected chi connectivity index (χ2v) is 5.52. The highest BCUT2D eigenvalue weighted by Crippen LogP contribution is 2.40. The van der Waals surface area contributed by atoms with Crippen LogP contribution in [0.4, 0.5) is 11.4 Å². The summed E-state index contributed by atoms with van der Waals surface area (Å²) in [6.07, 6.45) is 4.12. The lowest BCUT2D eigenvalue weighted by Crippen LogP contribution is -2.44. The fourth-order valence-electron chi connectivity index (χ4n) is 3.51. The zero-order chi connectivity index (χ0) is 12.0. The monoisotopic (exact) mass is 232 g/mol. The molecule has 0 saturated carbocycles. The SMILES string of the molecule is Cc1cc(N)cc(N2C3CCC2CC(O)C3)c1. The minimum absolute atomic E-state index is 0.106. The van der Waals surface area contributed by atoms with Crippen LogP contribution in [0.25, 0.3) is 0 Å². The first-order chi connectivity index (χ1) is 8.13. The Morgan fingerprint density at radius 1 is 1.18 bits per heavy atom. The van der Waals surface area contributed by atoms with Gasteiger partial charge in [-0.15, -0.1) is 0 Å². The third kappa shape index (κ3) is 1.89. The van der Waals surface area contributed by atoms with Crippen LogP contribution in [0.15, 0.2) is 18.2 Å². The highest BCUT2D eigenvalue weighted by atomic mass is 16.3. The fraction of sp³-hybridized carbons (Fsp3) is 0.571. The van der Waals surface area contributed by atoms with Gasteiger partial charge in [-0.3, -0.25) is 0 Å². The van der Waals surface area contributed by atoms with E-state index in [1.165, 1.54) is 24.1 Å². The molecule has 92 valence electrons. The van der Waals surface area contributed by atoms with Gasteiger partial charge in [0, 0.05) is 23.5 Å². The van der Waals surface area contributed by atoms with Gasteiger partial charge in [-0.05, 0) is 56.4 Å². The van der Waals surface area contributed by atoms with Crippen LogP contribution in [-0.2, 0) is 0 Å². The van der Waals surface area contributed by atoms with Crippen LogP contribution < -0.4 is 10.6 Å². The summed E-state index contributed by atoms with van der Waals surface area (Å²) in [5, 5.41) is 9.81. The van der Waals surface area contributed by atoms with Crippen LogP contribution in [0.5, 0.6) is 0 Å². The molecule has 0 amide bonds. The lowest BCUT2D eigenvalue weighted by molar-refractivity contribution is 0.126. The summed E-state index contributed by atoms with van der Waals surface area (Å²) >= 11 is 0. The van der Waals surface area contributed by atoms with E-state index in [4.69, 9.17) is 5.73 Å². The van der Waals surface area contributed by atoms with E-state index in [1.54, 1.807) is 0 Å². The lowest BCUT2D eigenvalue weighted by Gasteiger charge is -2.39. The molecule has 0 aromatic heterocycles. The van der Waals surface area contributed by atoms with Crippen molar-refractivity contribution < 1.29 is 5.11 Å². The molecule has 2 fully saturated rings. The van der Waals surface area contributed by atoms with Gasteiger partial charge in [-0.2, -0.15) is 0 Å². The largest absolute Gasteiger partial charge is 0.399 e. The highest BCUT2D eigenvalue weighted by molar-refractivity contribution is 5.60. The molecule has 3 N–H and O–H groups in total. The Hall–Kier alpha value is -1.22. The predicted octanol–water partition coefficient (Wildman–Crippen LogP) is 2.07. The Morgan fingerprint density at radius 3 is 2.41 bits per heavy atom. The van der Waals surface area contributed by atoms with Crippen molar-refractivity contribution in [3.05, 3.63) is 23.8 Å². The van der Waals surface area contributed by atoms with Gasteiger partial charge in [0.25, 0.3) is 0 Å². The van der Waals surface area contributed by atoms with Gasteiger partial charge in [0.2, 0.25) is 0 Å². The summed E-state index contributed by atoms with van der Waals surface area (Å²) in [4.78, 5) is 2.48. The number of benzene rings is 1. The maximum Gasteiger partial charge on any atom is 0.0579 e. The van der Waals surface area contributed by atoms with Crippen molar-refractivity contribution in [1.82, 2.24) is 0 Å². The molecule has 2 bridgehead atoms. The fourth-order valence-corrected chi connectivity index (χ4v) is 3.51. The van der Waals surface area contributed by atoms with Crippen LogP contribution in [-0.4, -0.2) is 23.3 Å². The molecule has 2 atom stereocenters. The average molecular weight is 232 g/mol. The quantitative estimate of drug-likeness (QED) is 0.729. The van der Waals surface area contributed by atoms with Crippen molar-refractivity contribution in [3.8, 4) is 0 Å². The van der Waals surface area contributed by atoms with Gasteiger partial charge >= 0.3 is 0 Å². The van der Waals surface area contributed by atoms with E-state index in [0.29, 0.717) is 12.1 Å². The number of anilines is 2. The normalized spacial score (nSPS) is 31.9. The molecular weight excluding hydrogens is 212 g/mol. The van der Waals surface area contributed by atoms with Crippen LogP contribution in [0.3, 0.4) is 0 Å². The van der Waals surface area contributed by atoms with Crippen molar-refractivity contribution in [3.63, 3.8) is 0 Å². The molecule has 1 aromatic carbocycles. The standard InChI is InChI=1S/C14H20N2O/c1-9-4-10(15)6-13(5-9)16-11-2-3-12(16)8-14(17)7-11/h4-6,11-12,14,17H,2-3,7-8,15H2,1H3. The first kappa shape index (κ1) is 10.9. The smallest absolute Gasteiger partial charge is 0.0579 e. The number of rotatable bonds is 1. The van der Waals surface area contributed by atoms with E-state index in [9.17, 15) is 5.11 Å². The first-order valence-electron chi connectivity index (χ1n) is 6.47. The van der Waals surface area contributed by atoms with Crippen LogP contribution in [0, 0.1) is 6.92 Å². The van der Waals surface area contributed by atoms with Gasteiger partial charge in [-0.1, -0.05) is 0 Å². The molecule has 3 nitrogen and oxygen atoms in total. The number of nitrogens with zero attached hydrogens (tertiary/aromatic N) is 1. The molecule has 2 unspecified atom stereocenters. The highest BCUT2D eigenvalue weighted by Gasteiger charge is 2.40. The summed E-state index contributed by atoms with van der Waals surface area (Å²) in [5.74, 6) is 0. The van der Waals surface area contributed by atoms with E-state index in [2.05, 4.69) is 24.0 Å². The van der Waals surface area contributed by atoms with E-state index in [0.717, 1.165) is 18.5 Å². The number of hydrogen-bond acceptors (Lipinski definition) is 3. The molecule has 3 heteroatoms. The van der Waals surface area contributed by atoms with E-state index in [-0.39, 0.29) is 6.10 Å². The molecule has 0 spiro atoms. The maximum atomic E-state index is 9.81. The van der Waals surface area contributed by atoms with Gasteiger partial charge in [0.05, 0.1) is 6.10 Å². The van der Waals surface area contributed by atoms with E-state index in [1.807, 2.05) is 6.07 Å². The number of aryl methyl sites for hydroxylation is 1. The first-order valence-corrected chi connectivity index (χ1v) is 6.47. The molecule has 2 saturated heterocycles. The van der Waals surface area contributed by atoms with Crippen LogP contribution in [0.1, 0.15) is 31.2 Å². The van der Waals surface area contributed by atoms with Gasteiger partial charge in [-0.25, -0.2) is 0 Å². The second-order valence-electron chi connectivity index (χ2n) is 5.52. The molecule has 0 radical (unpaired) electrons. The molecule has 0 aliphatic carbocycles. The number of piperidine rings is 1. The van der Waals surface area contributed by atoms with Gasteiger partial charge in [0.15, 0.2) is 0 Å². The second kappa shape index (κ2) is 3.91. The average Bonchev–Trinajstić information content (AvgIpc) is 2.50. The number of nitrogen functional groups attached to an aromatic ring is 1. The summed E-state index contributed by atoms with van der Waals surface area (Å²) in [5.41, 5.74) is 9.22. The molecule has 2 heterocycles. The minimum atomic E-state index is -0.106. The third-order valence-corrected chi connectivity index (χ3v) is 4.09. The molecule has 1 aromatic rings. The Morgan fingerprint density at radius 2 is 1.82 bits per heavy atom. The predicted molar refractivity (Wildman–Crippen MR) is 70.1 cm³/mol. The van der Waals surface area contributed by atoms with Gasteiger partial charge < -0.3 is 15.7 Å². The number of nitrogens with two attached hydrogens (primary N) is 1. The van der Waals surface area contributed by atoms with Crippen molar-refractivity contribution in [2.75, 3.05) is 10.6 Å². The summed E-state index contributed by atoms with van der Waals surface area (Å²) < 4.78 is 0. The summed E-state index contributed by atoms with van der Waals surface area (Å²) in [6, 6.07) is 7.29. The molecule has 2 aliphatic rings. The Balaban J connectivity index is 1.94. The summed E-state index contributed by atoms with van der Waals surface area (Å²) in [6.45, 7) is 2.08. The van der Waals surface area contributed by atoms with E-state index < -0.39 is 0 Å². The molecule has 17 heavy (non-hydrogen) atoms.